The summed E-state index contributed by atoms with van der Waals surface area (Å²) in [6.45, 7) is 10.1. The molecule has 11 nitrogen and oxygen atoms in total. The molecular formula is C31H40ClN9O2S. The van der Waals surface area contributed by atoms with Gasteiger partial charge in [0.25, 0.3) is 0 Å². The Balaban J connectivity index is 0.000000233. The molecule has 2 fully saturated rings. The summed E-state index contributed by atoms with van der Waals surface area (Å²) in [4.78, 5) is 23.6. The van der Waals surface area contributed by atoms with Crippen molar-refractivity contribution in [2.45, 2.75) is 25.3 Å². The highest BCUT2D eigenvalue weighted by molar-refractivity contribution is 7.96. The number of likely N-dealkylation sites (N-methyl/N-ethyl adjacent to an activating group) is 1. The van der Waals surface area contributed by atoms with Crippen LogP contribution in [0.1, 0.15) is 24.8 Å². The predicted octanol–water partition coefficient (Wildman–Crippen LogP) is 4.43. The molecule has 2 aromatic rings. The SMILES string of the molecule is C=CC(=O)Nc1cc(N)c(OC)cc1N1CCC(N2CCCN(C)CC2)CC1.N#Cc1ccccc1N=C1NSNC=C1Cl. The highest BCUT2D eigenvalue weighted by Crippen LogP contribution is 2.37. The van der Waals surface area contributed by atoms with Crippen molar-refractivity contribution < 1.29 is 9.53 Å². The van der Waals surface area contributed by atoms with Crippen molar-refractivity contribution in [1.82, 2.24) is 19.2 Å². The number of anilines is 3. The molecule has 234 valence electrons. The van der Waals surface area contributed by atoms with Crippen LogP contribution in [0.4, 0.5) is 22.7 Å². The van der Waals surface area contributed by atoms with Gasteiger partial charge in [0.15, 0.2) is 5.84 Å². The van der Waals surface area contributed by atoms with Crippen LogP contribution in [-0.2, 0) is 4.79 Å². The van der Waals surface area contributed by atoms with Crippen molar-refractivity contribution >= 4 is 58.2 Å². The van der Waals surface area contributed by atoms with E-state index < -0.39 is 0 Å². The monoisotopic (exact) mass is 637 g/mol. The van der Waals surface area contributed by atoms with E-state index in [1.807, 2.05) is 12.1 Å². The summed E-state index contributed by atoms with van der Waals surface area (Å²) in [5.41, 5.74) is 9.35. The largest absolute Gasteiger partial charge is 0.495 e. The summed E-state index contributed by atoms with van der Waals surface area (Å²) in [6.07, 6.45) is 6.38. The first-order chi connectivity index (χ1) is 21.3. The van der Waals surface area contributed by atoms with Gasteiger partial charge in [-0.2, -0.15) is 5.26 Å². The normalized spacial score (nSPS) is 18.8. The zero-order valence-electron chi connectivity index (χ0n) is 25.2. The first-order valence-corrected chi connectivity index (χ1v) is 15.7. The van der Waals surface area contributed by atoms with Gasteiger partial charge in [-0.15, -0.1) is 0 Å². The zero-order valence-corrected chi connectivity index (χ0v) is 26.8. The molecule has 0 atom stereocenters. The molecule has 1 amide bonds. The number of nitriles is 1. The summed E-state index contributed by atoms with van der Waals surface area (Å²) < 4.78 is 11.2. The number of amidine groups is 1. The maximum Gasteiger partial charge on any atom is 0.247 e. The molecule has 3 aliphatic heterocycles. The summed E-state index contributed by atoms with van der Waals surface area (Å²) in [5, 5.41) is 12.3. The number of carbonyl (C=O) groups is 1. The maximum absolute atomic E-state index is 11.9. The third-order valence-corrected chi connectivity index (χ3v) is 8.56. The number of methoxy groups -OCH3 is 1. The number of amides is 1. The lowest BCUT2D eigenvalue weighted by Gasteiger charge is -2.39. The average molecular weight is 638 g/mol. The molecular weight excluding hydrogens is 598 g/mol. The third kappa shape index (κ3) is 8.83. The average Bonchev–Trinajstić information content (AvgIpc) is 3.27. The number of hydrogen-bond acceptors (Lipinski definition) is 10. The molecule has 0 spiro atoms. The van der Waals surface area contributed by atoms with E-state index in [-0.39, 0.29) is 5.91 Å². The standard InChI is InChI=1S/C21H33N5O2.C10H7ClN4S/c1-4-21(27)23-18-14-17(22)20(28-3)15-19(18)26-10-6-16(7-11-26)25-9-5-8-24(2)12-13-25;11-8-6-13-16-15-10(8)14-9-4-2-1-3-7(9)5-12/h4,14-16H,1,5-13,22H2,2-3H3,(H,23,27);1-4,6,13H,(H,14,15). The smallest absolute Gasteiger partial charge is 0.247 e. The Morgan fingerprint density at radius 1 is 1.23 bits per heavy atom. The number of aliphatic imine (C=N–C) groups is 1. The minimum absolute atomic E-state index is 0.241. The number of nitrogens with one attached hydrogen (secondary N) is 3. The number of ether oxygens (including phenoxy) is 1. The number of piperidine rings is 1. The molecule has 0 radical (unpaired) electrons. The lowest BCUT2D eigenvalue weighted by Crippen LogP contribution is -2.46. The van der Waals surface area contributed by atoms with E-state index in [2.05, 4.69) is 54.1 Å². The lowest BCUT2D eigenvalue weighted by atomic mass is 10.0. The number of hydrogen-bond donors (Lipinski definition) is 4. The van der Waals surface area contributed by atoms with Crippen molar-refractivity contribution in [1.29, 1.82) is 5.26 Å². The van der Waals surface area contributed by atoms with E-state index >= 15 is 0 Å². The number of nitrogens with zero attached hydrogens (tertiary/aromatic N) is 5. The van der Waals surface area contributed by atoms with Gasteiger partial charge in [-0.3, -0.25) is 14.4 Å². The molecule has 44 heavy (non-hydrogen) atoms. The minimum atomic E-state index is -0.241. The van der Waals surface area contributed by atoms with E-state index in [4.69, 9.17) is 27.3 Å². The molecule has 13 heteroatoms. The Morgan fingerprint density at radius 3 is 2.70 bits per heavy atom. The van der Waals surface area contributed by atoms with Crippen LogP contribution in [0.5, 0.6) is 5.75 Å². The Kier molecular flexibility index (Phi) is 12.2. The maximum atomic E-state index is 11.9. The Bertz CT molecular complexity index is 1420. The lowest BCUT2D eigenvalue weighted by molar-refractivity contribution is -0.111. The van der Waals surface area contributed by atoms with E-state index in [0.717, 1.165) is 44.7 Å². The second-order valence-electron chi connectivity index (χ2n) is 10.6. The van der Waals surface area contributed by atoms with E-state index in [1.54, 1.807) is 37.6 Å². The number of nitrogen functional groups attached to an aromatic ring is 1. The van der Waals surface area contributed by atoms with Crippen LogP contribution in [0.25, 0.3) is 0 Å². The van der Waals surface area contributed by atoms with Gasteiger partial charge in [0, 0.05) is 44.5 Å². The van der Waals surface area contributed by atoms with Gasteiger partial charge in [-0.25, -0.2) is 4.99 Å². The fourth-order valence-electron chi connectivity index (χ4n) is 5.35. The second-order valence-corrected chi connectivity index (χ2v) is 11.7. The van der Waals surface area contributed by atoms with Gasteiger partial charge in [0.05, 0.1) is 47.6 Å². The van der Waals surface area contributed by atoms with Crippen LogP contribution in [-0.4, -0.2) is 81.0 Å². The Hall–Kier alpha value is -3.89. The minimum Gasteiger partial charge on any atom is -0.495 e. The van der Waals surface area contributed by atoms with Crippen LogP contribution in [0, 0.1) is 11.3 Å². The van der Waals surface area contributed by atoms with Crippen LogP contribution in [0.2, 0.25) is 0 Å². The second kappa shape index (κ2) is 16.3. The van der Waals surface area contributed by atoms with E-state index in [1.165, 1.54) is 37.7 Å². The molecule has 2 aromatic carbocycles. The summed E-state index contributed by atoms with van der Waals surface area (Å²) in [6, 6.07) is 13.5. The number of nitrogens with two attached hydrogens (primary N) is 1. The molecule has 0 aromatic heterocycles. The van der Waals surface area contributed by atoms with Gasteiger partial charge < -0.3 is 30.3 Å². The van der Waals surface area contributed by atoms with Crippen molar-refractivity contribution in [3.8, 4) is 11.8 Å². The zero-order chi connectivity index (χ0) is 31.5. The number of carbonyl (C=O) groups excluding carboxylic acids is 1. The Labute approximate surface area is 269 Å². The number of para-hydroxylation sites is 1. The van der Waals surface area contributed by atoms with Gasteiger partial charge in [-0.05, 0) is 63.7 Å². The summed E-state index contributed by atoms with van der Waals surface area (Å²) in [5.74, 6) is 0.923. The highest BCUT2D eigenvalue weighted by Gasteiger charge is 2.27. The van der Waals surface area contributed by atoms with E-state index in [0.29, 0.717) is 45.3 Å². The molecule has 0 aliphatic carbocycles. The van der Waals surface area contributed by atoms with Crippen LogP contribution in [0.15, 0.2) is 65.3 Å². The van der Waals surface area contributed by atoms with Gasteiger partial charge in [0.2, 0.25) is 5.91 Å². The first-order valence-electron chi connectivity index (χ1n) is 14.5. The fraction of sp³-hybridized carbons (Fsp3) is 0.387. The topological polar surface area (TPSA) is 134 Å². The van der Waals surface area contributed by atoms with Crippen LogP contribution < -0.4 is 30.1 Å². The molecule has 5 rings (SSSR count). The number of rotatable bonds is 6. The molecule has 0 unspecified atom stereocenters. The molecule has 2 saturated heterocycles. The van der Waals surface area contributed by atoms with Crippen LogP contribution >= 0.6 is 23.7 Å². The molecule has 0 saturated carbocycles. The molecule has 0 bridgehead atoms. The quantitative estimate of drug-likeness (QED) is 0.205. The predicted molar refractivity (Wildman–Crippen MR) is 181 cm³/mol. The van der Waals surface area contributed by atoms with Crippen molar-refractivity contribution in [3.05, 3.63) is 65.8 Å². The molecule has 5 N–H and O–H groups in total. The first kappa shape index (κ1) is 33.0. The summed E-state index contributed by atoms with van der Waals surface area (Å²) in [7, 11) is 3.82. The van der Waals surface area contributed by atoms with Gasteiger partial charge in [-0.1, -0.05) is 30.3 Å². The van der Waals surface area contributed by atoms with Gasteiger partial charge >= 0.3 is 0 Å². The van der Waals surface area contributed by atoms with Crippen molar-refractivity contribution in [3.63, 3.8) is 0 Å². The Morgan fingerprint density at radius 2 is 2.00 bits per heavy atom. The van der Waals surface area contributed by atoms with Crippen molar-refractivity contribution in [2.24, 2.45) is 4.99 Å². The fourth-order valence-corrected chi connectivity index (χ4v) is 6.10. The van der Waals surface area contributed by atoms with Crippen molar-refractivity contribution in [2.75, 3.05) is 69.4 Å². The number of halogens is 1. The third-order valence-electron chi connectivity index (χ3n) is 7.74. The number of benzene rings is 2. The molecule has 3 aliphatic rings. The van der Waals surface area contributed by atoms with E-state index in [9.17, 15) is 4.79 Å². The van der Waals surface area contributed by atoms with Gasteiger partial charge in [0.1, 0.15) is 16.9 Å². The summed E-state index contributed by atoms with van der Waals surface area (Å²) >= 11 is 7.20. The highest BCUT2D eigenvalue weighted by atomic mass is 35.5. The molecule has 3 heterocycles. The van der Waals surface area contributed by atoms with Crippen LogP contribution in [0.3, 0.4) is 0 Å².